The number of rotatable bonds is 3. The van der Waals surface area contributed by atoms with E-state index >= 15 is 0 Å². The minimum absolute atomic E-state index is 0.355. The molecule has 0 fully saturated rings. The van der Waals surface area contributed by atoms with Crippen LogP contribution in [-0.2, 0) is 13.0 Å². The first-order valence-electron chi connectivity index (χ1n) is 5.27. The summed E-state index contributed by atoms with van der Waals surface area (Å²) in [5.74, 6) is 1.26. The Morgan fingerprint density at radius 3 is 2.87 bits per heavy atom. The van der Waals surface area contributed by atoms with E-state index in [0.717, 1.165) is 17.5 Å². The molecule has 0 saturated heterocycles. The Morgan fingerprint density at radius 2 is 2.20 bits per heavy atom. The molecule has 0 amide bonds. The fourth-order valence-corrected chi connectivity index (χ4v) is 1.71. The number of aromatic nitrogens is 1. The highest BCUT2D eigenvalue weighted by Crippen LogP contribution is 2.18. The molecule has 0 aliphatic rings. The van der Waals surface area contributed by atoms with Gasteiger partial charge < -0.3 is 10.2 Å². The molecule has 3 heteroatoms. The summed E-state index contributed by atoms with van der Waals surface area (Å²) < 4.78 is 5.44. The van der Waals surface area contributed by atoms with Crippen LogP contribution in [0.4, 0.5) is 0 Å². The summed E-state index contributed by atoms with van der Waals surface area (Å²) in [7, 11) is 0. The lowest BCUT2D eigenvalue weighted by molar-refractivity contribution is 0.533. The molecule has 0 unspecified atom stereocenters. The highest BCUT2D eigenvalue weighted by atomic mass is 16.3. The van der Waals surface area contributed by atoms with E-state index < -0.39 is 0 Å². The maximum absolute atomic E-state index is 5.48. The van der Waals surface area contributed by atoms with Crippen LogP contribution in [-0.4, -0.2) is 4.98 Å². The van der Waals surface area contributed by atoms with Crippen molar-refractivity contribution in [1.82, 2.24) is 4.98 Å². The van der Waals surface area contributed by atoms with Gasteiger partial charge in [0, 0.05) is 0 Å². The summed E-state index contributed by atoms with van der Waals surface area (Å²) >= 11 is 0. The van der Waals surface area contributed by atoms with E-state index in [1.54, 1.807) is 0 Å². The van der Waals surface area contributed by atoms with E-state index in [4.69, 9.17) is 10.2 Å². The van der Waals surface area contributed by atoms with Gasteiger partial charge in [-0.3, -0.25) is 0 Å². The van der Waals surface area contributed by atoms with Crippen molar-refractivity contribution in [2.24, 2.45) is 11.7 Å². The van der Waals surface area contributed by atoms with Crippen molar-refractivity contribution in [3.05, 3.63) is 29.7 Å². The zero-order chi connectivity index (χ0) is 10.8. The van der Waals surface area contributed by atoms with Crippen LogP contribution in [0.25, 0.3) is 11.1 Å². The van der Waals surface area contributed by atoms with Crippen LogP contribution in [0.2, 0.25) is 0 Å². The molecular formula is C12H16N2O. The quantitative estimate of drug-likeness (QED) is 0.835. The molecule has 0 aliphatic heterocycles. The lowest BCUT2D eigenvalue weighted by Gasteiger charge is -2.03. The SMILES string of the molecule is CC(C)Cc1ccc2oc(CN)nc2c1. The number of oxazole rings is 1. The first kappa shape index (κ1) is 10.2. The molecular weight excluding hydrogens is 188 g/mol. The summed E-state index contributed by atoms with van der Waals surface area (Å²) in [4.78, 5) is 4.31. The Morgan fingerprint density at radius 1 is 1.40 bits per heavy atom. The van der Waals surface area contributed by atoms with Gasteiger partial charge in [0.1, 0.15) is 5.52 Å². The van der Waals surface area contributed by atoms with Crippen molar-refractivity contribution < 1.29 is 4.42 Å². The highest BCUT2D eigenvalue weighted by molar-refractivity contribution is 5.73. The van der Waals surface area contributed by atoms with E-state index in [0.29, 0.717) is 18.4 Å². The summed E-state index contributed by atoms with van der Waals surface area (Å²) in [5.41, 5.74) is 8.51. The number of fused-ring (bicyclic) bond motifs is 1. The number of nitrogens with zero attached hydrogens (tertiary/aromatic N) is 1. The normalized spacial score (nSPS) is 11.5. The van der Waals surface area contributed by atoms with E-state index in [2.05, 4.69) is 31.0 Å². The monoisotopic (exact) mass is 204 g/mol. The van der Waals surface area contributed by atoms with Gasteiger partial charge in [0.15, 0.2) is 5.58 Å². The van der Waals surface area contributed by atoms with Crippen LogP contribution >= 0.6 is 0 Å². The van der Waals surface area contributed by atoms with Gasteiger partial charge in [-0.05, 0) is 30.0 Å². The molecule has 2 aromatic rings. The second-order valence-electron chi connectivity index (χ2n) is 4.21. The van der Waals surface area contributed by atoms with Crippen molar-refractivity contribution in [3.8, 4) is 0 Å². The standard InChI is InChI=1S/C12H16N2O/c1-8(2)5-9-3-4-11-10(6-9)14-12(7-13)15-11/h3-4,6,8H,5,7,13H2,1-2H3. The number of hydrogen-bond donors (Lipinski definition) is 1. The highest BCUT2D eigenvalue weighted by Gasteiger charge is 2.05. The predicted octanol–water partition coefficient (Wildman–Crippen LogP) is 2.49. The lowest BCUT2D eigenvalue weighted by atomic mass is 10.0. The lowest BCUT2D eigenvalue weighted by Crippen LogP contribution is -1.95. The van der Waals surface area contributed by atoms with Crippen molar-refractivity contribution >= 4 is 11.1 Å². The molecule has 0 saturated carbocycles. The third kappa shape index (κ3) is 2.18. The van der Waals surface area contributed by atoms with Crippen LogP contribution < -0.4 is 5.73 Å². The summed E-state index contributed by atoms with van der Waals surface area (Å²) in [6, 6.07) is 6.14. The molecule has 80 valence electrons. The maximum atomic E-state index is 5.48. The average molecular weight is 204 g/mol. The smallest absolute Gasteiger partial charge is 0.209 e. The van der Waals surface area contributed by atoms with Gasteiger partial charge in [-0.15, -0.1) is 0 Å². The Hall–Kier alpha value is -1.35. The summed E-state index contributed by atoms with van der Waals surface area (Å²) in [6.45, 7) is 4.77. The van der Waals surface area contributed by atoms with E-state index in [1.807, 2.05) is 6.07 Å². The Bertz CT molecular complexity index is 460. The molecule has 0 atom stereocenters. The molecule has 1 aromatic heterocycles. The number of benzene rings is 1. The van der Waals surface area contributed by atoms with E-state index in [1.165, 1.54) is 5.56 Å². The fourth-order valence-electron chi connectivity index (χ4n) is 1.71. The van der Waals surface area contributed by atoms with Gasteiger partial charge in [0.25, 0.3) is 0 Å². The average Bonchev–Trinajstić information content (AvgIpc) is 2.58. The predicted molar refractivity (Wildman–Crippen MR) is 60.4 cm³/mol. The van der Waals surface area contributed by atoms with Crippen LogP contribution in [0, 0.1) is 5.92 Å². The first-order valence-corrected chi connectivity index (χ1v) is 5.27. The fraction of sp³-hybridized carbons (Fsp3) is 0.417. The van der Waals surface area contributed by atoms with Crippen LogP contribution in [0.5, 0.6) is 0 Å². The van der Waals surface area contributed by atoms with Crippen molar-refractivity contribution in [3.63, 3.8) is 0 Å². The van der Waals surface area contributed by atoms with Gasteiger partial charge in [-0.2, -0.15) is 0 Å². The Labute approximate surface area is 89.3 Å². The minimum Gasteiger partial charge on any atom is -0.439 e. The molecule has 1 heterocycles. The number of nitrogens with two attached hydrogens (primary N) is 1. The van der Waals surface area contributed by atoms with Gasteiger partial charge in [0.2, 0.25) is 5.89 Å². The van der Waals surface area contributed by atoms with Gasteiger partial charge in [-0.25, -0.2) is 4.98 Å². The zero-order valence-electron chi connectivity index (χ0n) is 9.16. The second kappa shape index (κ2) is 4.03. The molecule has 0 bridgehead atoms. The van der Waals surface area contributed by atoms with Crippen molar-refractivity contribution in [1.29, 1.82) is 0 Å². The molecule has 0 aliphatic carbocycles. The maximum Gasteiger partial charge on any atom is 0.209 e. The van der Waals surface area contributed by atoms with Crippen molar-refractivity contribution in [2.45, 2.75) is 26.8 Å². The van der Waals surface area contributed by atoms with Gasteiger partial charge >= 0.3 is 0 Å². The Balaban J connectivity index is 2.37. The topological polar surface area (TPSA) is 52.0 Å². The summed E-state index contributed by atoms with van der Waals surface area (Å²) in [5, 5.41) is 0. The molecule has 2 rings (SSSR count). The third-order valence-electron chi connectivity index (χ3n) is 2.31. The molecule has 0 radical (unpaired) electrons. The van der Waals surface area contributed by atoms with Crippen molar-refractivity contribution in [2.75, 3.05) is 0 Å². The minimum atomic E-state index is 0.355. The first-order chi connectivity index (χ1) is 7.19. The largest absolute Gasteiger partial charge is 0.439 e. The molecule has 3 nitrogen and oxygen atoms in total. The van der Waals surface area contributed by atoms with E-state index in [-0.39, 0.29) is 0 Å². The molecule has 15 heavy (non-hydrogen) atoms. The molecule has 2 N–H and O–H groups in total. The number of hydrogen-bond acceptors (Lipinski definition) is 3. The van der Waals surface area contributed by atoms with Gasteiger partial charge in [-0.1, -0.05) is 19.9 Å². The van der Waals surface area contributed by atoms with Gasteiger partial charge in [0.05, 0.1) is 6.54 Å². The Kier molecular flexibility index (Phi) is 2.73. The van der Waals surface area contributed by atoms with Crippen LogP contribution in [0.3, 0.4) is 0 Å². The van der Waals surface area contributed by atoms with Crippen LogP contribution in [0.1, 0.15) is 25.3 Å². The third-order valence-corrected chi connectivity index (χ3v) is 2.31. The summed E-state index contributed by atoms with van der Waals surface area (Å²) in [6.07, 6.45) is 1.07. The zero-order valence-corrected chi connectivity index (χ0v) is 9.16. The molecule has 1 aromatic carbocycles. The second-order valence-corrected chi connectivity index (χ2v) is 4.21. The van der Waals surface area contributed by atoms with E-state index in [9.17, 15) is 0 Å². The molecule has 0 spiro atoms. The van der Waals surface area contributed by atoms with Crippen LogP contribution in [0.15, 0.2) is 22.6 Å².